The van der Waals surface area contributed by atoms with E-state index in [1.807, 2.05) is 67.7 Å². The molecule has 0 radical (unpaired) electrons. The summed E-state index contributed by atoms with van der Waals surface area (Å²) in [6.45, 7) is 2.83. The molecule has 34 heavy (non-hydrogen) atoms. The lowest BCUT2D eigenvalue weighted by Crippen LogP contribution is -2.20. The van der Waals surface area contributed by atoms with Gasteiger partial charge in [0, 0.05) is 42.3 Å². The smallest absolute Gasteiger partial charge is 0.221 e. The Labute approximate surface area is 208 Å². The van der Waals surface area contributed by atoms with Crippen LogP contribution in [0.2, 0.25) is 5.02 Å². The van der Waals surface area contributed by atoms with E-state index in [9.17, 15) is 4.79 Å². The zero-order chi connectivity index (χ0) is 23.9. The average molecular weight is 493 g/mol. The summed E-state index contributed by atoms with van der Waals surface area (Å²) in [5.41, 5.74) is 4.02. The summed E-state index contributed by atoms with van der Waals surface area (Å²) in [6, 6.07) is 19.6. The van der Waals surface area contributed by atoms with E-state index in [4.69, 9.17) is 11.6 Å². The van der Waals surface area contributed by atoms with Crippen LogP contribution in [0.4, 0.5) is 5.69 Å². The van der Waals surface area contributed by atoms with E-state index in [1.54, 1.807) is 24.2 Å². The molecular weight excluding hydrogens is 468 g/mol. The van der Waals surface area contributed by atoms with Gasteiger partial charge in [-0.1, -0.05) is 41.6 Å². The van der Waals surface area contributed by atoms with Crippen LogP contribution < -0.4 is 5.32 Å². The Balaban J connectivity index is 1.52. The van der Waals surface area contributed by atoms with E-state index in [2.05, 4.69) is 30.0 Å². The molecule has 2 heterocycles. The number of anilines is 1. The van der Waals surface area contributed by atoms with Gasteiger partial charge in [-0.25, -0.2) is 0 Å². The number of thioether (sulfide) groups is 1. The molecule has 0 atom stereocenters. The van der Waals surface area contributed by atoms with Crippen LogP contribution in [0.3, 0.4) is 0 Å². The Morgan fingerprint density at radius 3 is 2.50 bits per heavy atom. The number of halogens is 1. The van der Waals surface area contributed by atoms with Crippen molar-refractivity contribution in [2.45, 2.75) is 30.9 Å². The van der Waals surface area contributed by atoms with Gasteiger partial charge >= 0.3 is 0 Å². The summed E-state index contributed by atoms with van der Waals surface area (Å²) >= 11 is 7.92. The fourth-order valence-electron chi connectivity index (χ4n) is 3.50. The lowest BCUT2D eigenvalue weighted by atomic mass is 10.2. The molecule has 0 saturated carbocycles. The van der Waals surface area contributed by atoms with Crippen molar-refractivity contribution in [1.82, 2.24) is 24.6 Å². The molecule has 0 aliphatic carbocycles. The second-order valence-corrected chi connectivity index (χ2v) is 9.29. The minimum Gasteiger partial charge on any atom is -0.326 e. The molecule has 4 rings (SSSR count). The fourth-order valence-corrected chi connectivity index (χ4v) is 4.61. The number of pyridine rings is 1. The van der Waals surface area contributed by atoms with Gasteiger partial charge < -0.3 is 5.32 Å². The molecule has 2 aromatic carbocycles. The van der Waals surface area contributed by atoms with E-state index in [0.717, 1.165) is 40.2 Å². The summed E-state index contributed by atoms with van der Waals surface area (Å²) in [5, 5.41) is 13.3. The summed E-state index contributed by atoms with van der Waals surface area (Å²) in [4.78, 5) is 17.5. The Kier molecular flexibility index (Phi) is 7.95. The van der Waals surface area contributed by atoms with Gasteiger partial charge in [-0.3, -0.25) is 19.2 Å². The van der Waals surface area contributed by atoms with Gasteiger partial charge in [-0.05, 0) is 60.6 Å². The first-order chi connectivity index (χ1) is 16.5. The number of hydrogen-bond acceptors (Lipinski definition) is 6. The molecule has 1 N–H and O–H groups in total. The van der Waals surface area contributed by atoms with Crippen LogP contribution >= 0.6 is 23.4 Å². The first-order valence-corrected chi connectivity index (χ1v) is 12.1. The highest BCUT2D eigenvalue weighted by Crippen LogP contribution is 2.27. The summed E-state index contributed by atoms with van der Waals surface area (Å²) in [7, 11) is 2.04. The first-order valence-electron chi connectivity index (χ1n) is 10.7. The number of nitrogens with one attached hydrogen (secondary N) is 1. The van der Waals surface area contributed by atoms with Crippen molar-refractivity contribution < 1.29 is 4.79 Å². The topological polar surface area (TPSA) is 75.9 Å². The average Bonchev–Trinajstić information content (AvgIpc) is 3.21. The molecule has 0 fully saturated rings. The Morgan fingerprint density at radius 1 is 1.03 bits per heavy atom. The molecule has 0 aliphatic rings. The van der Waals surface area contributed by atoms with Crippen molar-refractivity contribution >= 4 is 35.0 Å². The van der Waals surface area contributed by atoms with Crippen LogP contribution in [-0.2, 0) is 23.6 Å². The molecule has 0 spiro atoms. The van der Waals surface area contributed by atoms with Gasteiger partial charge in [-0.2, -0.15) is 0 Å². The van der Waals surface area contributed by atoms with E-state index < -0.39 is 0 Å². The predicted molar refractivity (Wildman–Crippen MR) is 136 cm³/mol. The van der Waals surface area contributed by atoms with Gasteiger partial charge in [0.15, 0.2) is 11.0 Å². The van der Waals surface area contributed by atoms with Crippen molar-refractivity contribution in [2.75, 3.05) is 12.4 Å². The van der Waals surface area contributed by atoms with Gasteiger partial charge in [0.25, 0.3) is 0 Å². The summed E-state index contributed by atoms with van der Waals surface area (Å²) < 4.78 is 2.06. The van der Waals surface area contributed by atoms with Gasteiger partial charge in [-0.15, -0.1) is 10.2 Å². The standard InChI is InChI=1S/C25H25ClN6OS/c1-18(33)28-22-8-6-19(7-9-22)15-31(2)16-24-29-30-25(34-17-20-10-12-27-13-11-20)32(24)23-5-3-4-21(26)14-23/h3-14H,15-17H2,1-2H3,(H,28,33). The second kappa shape index (κ2) is 11.3. The highest BCUT2D eigenvalue weighted by molar-refractivity contribution is 7.98. The number of rotatable bonds is 9. The second-order valence-electron chi connectivity index (χ2n) is 7.91. The first kappa shape index (κ1) is 23.9. The zero-order valence-corrected chi connectivity index (χ0v) is 20.6. The number of hydrogen-bond donors (Lipinski definition) is 1. The van der Waals surface area contributed by atoms with E-state index in [1.165, 1.54) is 12.5 Å². The van der Waals surface area contributed by atoms with Crippen LogP contribution in [0.25, 0.3) is 5.69 Å². The Morgan fingerprint density at radius 2 is 1.79 bits per heavy atom. The molecule has 1 amide bonds. The van der Waals surface area contributed by atoms with Crippen molar-refractivity contribution in [1.29, 1.82) is 0 Å². The molecule has 174 valence electrons. The quantitative estimate of drug-likeness (QED) is 0.324. The maximum absolute atomic E-state index is 11.2. The van der Waals surface area contributed by atoms with E-state index >= 15 is 0 Å². The van der Waals surface area contributed by atoms with Crippen LogP contribution in [0.15, 0.2) is 78.2 Å². The maximum Gasteiger partial charge on any atom is 0.221 e. The Bertz CT molecular complexity index is 1250. The van der Waals surface area contributed by atoms with Crippen LogP contribution in [-0.4, -0.2) is 37.6 Å². The molecule has 2 aromatic heterocycles. The minimum atomic E-state index is -0.0807. The third kappa shape index (κ3) is 6.44. The minimum absolute atomic E-state index is 0.0807. The van der Waals surface area contributed by atoms with Crippen LogP contribution in [0.5, 0.6) is 0 Å². The highest BCUT2D eigenvalue weighted by Gasteiger charge is 2.17. The zero-order valence-electron chi connectivity index (χ0n) is 19.0. The van der Waals surface area contributed by atoms with Crippen molar-refractivity contribution in [3.63, 3.8) is 0 Å². The monoisotopic (exact) mass is 492 g/mol. The van der Waals surface area contributed by atoms with Crippen LogP contribution in [0.1, 0.15) is 23.9 Å². The lowest BCUT2D eigenvalue weighted by molar-refractivity contribution is -0.114. The molecular formula is C25H25ClN6OS. The van der Waals surface area contributed by atoms with E-state index in [-0.39, 0.29) is 5.91 Å². The predicted octanol–water partition coefficient (Wildman–Crippen LogP) is 5.20. The third-order valence-electron chi connectivity index (χ3n) is 5.02. The molecule has 4 aromatic rings. The molecule has 0 unspecified atom stereocenters. The molecule has 0 bridgehead atoms. The van der Waals surface area contributed by atoms with E-state index in [0.29, 0.717) is 11.6 Å². The maximum atomic E-state index is 11.2. The highest BCUT2D eigenvalue weighted by atomic mass is 35.5. The molecule has 0 aliphatic heterocycles. The summed E-state index contributed by atoms with van der Waals surface area (Å²) in [5.74, 6) is 1.51. The SMILES string of the molecule is CC(=O)Nc1ccc(CN(C)Cc2nnc(SCc3ccncc3)n2-c2cccc(Cl)c2)cc1. The number of amides is 1. The third-order valence-corrected chi connectivity index (χ3v) is 6.26. The Hall–Kier alpha value is -3.20. The summed E-state index contributed by atoms with van der Waals surface area (Å²) in [6.07, 6.45) is 3.58. The molecule has 0 saturated heterocycles. The number of carbonyl (C=O) groups excluding carboxylic acids is 1. The number of aromatic nitrogens is 4. The fraction of sp³-hybridized carbons (Fsp3) is 0.200. The molecule has 7 nitrogen and oxygen atoms in total. The van der Waals surface area contributed by atoms with Gasteiger partial charge in [0.1, 0.15) is 0 Å². The normalized spacial score (nSPS) is 11.1. The van der Waals surface area contributed by atoms with Crippen molar-refractivity contribution in [2.24, 2.45) is 0 Å². The number of benzene rings is 2. The van der Waals surface area contributed by atoms with Crippen LogP contribution in [0, 0.1) is 0 Å². The number of carbonyl (C=O) groups is 1. The van der Waals surface area contributed by atoms with Gasteiger partial charge in [0.2, 0.25) is 5.91 Å². The molecule has 9 heteroatoms. The van der Waals surface area contributed by atoms with Gasteiger partial charge in [0.05, 0.1) is 12.2 Å². The lowest BCUT2D eigenvalue weighted by Gasteiger charge is -2.18. The van der Waals surface area contributed by atoms with Crippen molar-refractivity contribution in [3.05, 3.63) is 95.0 Å². The largest absolute Gasteiger partial charge is 0.326 e. The van der Waals surface area contributed by atoms with Crippen molar-refractivity contribution in [3.8, 4) is 5.69 Å². The number of nitrogens with zero attached hydrogens (tertiary/aromatic N) is 5.